The van der Waals surface area contributed by atoms with Crippen LogP contribution in [0.15, 0.2) is 47.4 Å². The van der Waals surface area contributed by atoms with Gasteiger partial charge in [-0.25, -0.2) is 0 Å². The Kier molecular flexibility index (Phi) is 7.82. The molecule has 0 bridgehead atoms. The lowest BCUT2D eigenvalue weighted by Crippen LogP contribution is -2.36. The summed E-state index contributed by atoms with van der Waals surface area (Å²) in [5, 5.41) is 2.59. The van der Waals surface area contributed by atoms with Gasteiger partial charge in [0, 0.05) is 10.7 Å². The lowest BCUT2D eigenvalue weighted by atomic mass is 10.1. The molecule has 7 nitrogen and oxygen atoms in total. The van der Waals surface area contributed by atoms with E-state index >= 15 is 0 Å². The summed E-state index contributed by atoms with van der Waals surface area (Å²) in [4.78, 5) is 38.6. The van der Waals surface area contributed by atoms with E-state index in [0.29, 0.717) is 34.4 Å². The maximum absolute atomic E-state index is 12.7. The summed E-state index contributed by atoms with van der Waals surface area (Å²) >= 11 is 6.70. The number of halogens is 1. The first-order valence-electron chi connectivity index (χ1n) is 10.0. The SMILES string of the molecule is CCOc1cc(/C=C2/SC(=O)N(CC(=O)Nc3cccc(Cl)c3)C2=O)ccc1OC(C)C. The molecule has 9 heteroatoms. The van der Waals surface area contributed by atoms with Crippen molar-refractivity contribution in [2.24, 2.45) is 0 Å². The highest BCUT2D eigenvalue weighted by Gasteiger charge is 2.36. The molecule has 0 aromatic heterocycles. The Morgan fingerprint density at radius 1 is 1.19 bits per heavy atom. The summed E-state index contributed by atoms with van der Waals surface area (Å²) in [5.41, 5.74) is 1.16. The van der Waals surface area contributed by atoms with E-state index in [1.165, 1.54) is 0 Å². The quantitative estimate of drug-likeness (QED) is 0.529. The van der Waals surface area contributed by atoms with Crippen LogP contribution in [0.3, 0.4) is 0 Å². The van der Waals surface area contributed by atoms with Gasteiger partial charge < -0.3 is 14.8 Å². The average Bonchev–Trinajstić information content (AvgIpc) is 2.97. The second kappa shape index (κ2) is 10.6. The Hall–Kier alpha value is -2.97. The van der Waals surface area contributed by atoms with Crippen molar-refractivity contribution in [1.29, 1.82) is 0 Å². The van der Waals surface area contributed by atoms with Crippen LogP contribution < -0.4 is 14.8 Å². The van der Waals surface area contributed by atoms with Gasteiger partial charge in [0.05, 0.1) is 17.6 Å². The molecule has 0 radical (unpaired) electrons. The van der Waals surface area contributed by atoms with Crippen LogP contribution in [0.5, 0.6) is 11.5 Å². The molecular weight excluding hydrogens is 452 g/mol. The van der Waals surface area contributed by atoms with Crippen LogP contribution in [0.1, 0.15) is 26.3 Å². The molecule has 1 aliphatic rings. The second-order valence-corrected chi connectivity index (χ2v) is 8.56. The number of imide groups is 1. The number of thioether (sulfide) groups is 1. The Bertz CT molecular complexity index is 1070. The first-order chi connectivity index (χ1) is 15.3. The minimum Gasteiger partial charge on any atom is -0.490 e. The first kappa shape index (κ1) is 23.7. The van der Waals surface area contributed by atoms with Gasteiger partial charge in [0.1, 0.15) is 6.54 Å². The normalized spacial score (nSPS) is 14.9. The predicted octanol–water partition coefficient (Wildman–Crippen LogP) is 5.20. The molecular formula is C23H23ClN2O5S. The van der Waals surface area contributed by atoms with Crippen molar-refractivity contribution >= 4 is 52.2 Å². The number of ether oxygens (including phenoxy) is 2. The lowest BCUT2D eigenvalue weighted by Gasteiger charge is -2.15. The molecule has 3 amide bonds. The minimum absolute atomic E-state index is 0.0189. The number of anilines is 1. The zero-order valence-corrected chi connectivity index (χ0v) is 19.5. The second-order valence-electron chi connectivity index (χ2n) is 7.13. The Labute approximate surface area is 195 Å². The van der Waals surface area contributed by atoms with Crippen LogP contribution >= 0.6 is 23.4 Å². The molecule has 2 aromatic carbocycles. The van der Waals surface area contributed by atoms with Crippen LogP contribution in [0.4, 0.5) is 10.5 Å². The van der Waals surface area contributed by atoms with Crippen LogP contribution in [-0.4, -0.2) is 41.2 Å². The zero-order valence-electron chi connectivity index (χ0n) is 17.9. The van der Waals surface area contributed by atoms with Crippen molar-refractivity contribution in [3.63, 3.8) is 0 Å². The van der Waals surface area contributed by atoms with Gasteiger partial charge in [-0.2, -0.15) is 0 Å². The number of nitrogens with one attached hydrogen (secondary N) is 1. The van der Waals surface area contributed by atoms with Crippen LogP contribution in [0.25, 0.3) is 6.08 Å². The van der Waals surface area contributed by atoms with Gasteiger partial charge in [0.25, 0.3) is 11.1 Å². The third kappa shape index (κ3) is 6.05. The van der Waals surface area contributed by atoms with E-state index in [9.17, 15) is 14.4 Å². The van der Waals surface area contributed by atoms with E-state index in [0.717, 1.165) is 16.7 Å². The maximum atomic E-state index is 12.7. The fraction of sp³-hybridized carbons (Fsp3) is 0.261. The molecule has 0 spiro atoms. The highest BCUT2D eigenvalue weighted by Crippen LogP contribution is 2.35. The molecule has 0 unspecified atom stereocenters. The molecule has 1 fully saturated rings. The van der Waals surface area contributed by atoms with Crippen LogP contribution in [-0.2, 0) is 9.59 Å². The fourth-order valence-corrected chi connectivity index (χ4v) is 3.96. The summed E-state index contributed by atoms with van der Waals surface area (Å²) in [6, 6.07) is 11.9. The molecule has 168 valence electrons. The number of nitrogens with zero attached hydrogens (tertiary/aromatic N) is 1. The van der Waals surface area contributed by atoms with E-state index in [4.69, 9.17) is 21.1 Å². The maximum Gasteiger partial charge on any atom is 0.294 e. The lowest BCUT2D eigenvalue weighted by molar-refractivity contribution is -0.127. The van der Waals surface area contributed by atoms with Crippen molar-refractivity contribution in [1.82, 2.24) is 4.90 Å². The summed E-state index contributed by atoms with van der Waals surface area (Å²) in [7, 11) is 0. The summed E-state index contributed by atoms with van der Waals surface area (Å²) < 4.78 is 11.4. The number of amides is 3. The monoisotopic (exact) mass is 474 g/mol. The predicted molar refractivity (Wildman–Crippen MR) is 126 cm³/mol. The van der Waals surface area contributed by atoms with E-state index < -0.39 is 17.1 Å². The highest BCUT2D eigenvalue weighted by molar-refractivity contribution is 8.18. The first-order valence-corrected chi connectivity index (χ1v) is 11.2. The number of rotatable bonds is 8. The minimum atomic E-state index is -0.526. The standard InChI is InChI=1S/C23H23ClN2O5S/c1-4-30-19-10-15(8-9-18(19)31-14(2)3)11-20-22(28)26(23(29)32-20)13-21(27)25-17-7-5-6-16(24)12-17/h5-12,14H,4,13H2,1-3H3,(H,25,27)/b20-11+. The van der Waals surface area contributed by atoms with Crippen molar-refractivity contribution in [2.75, 3.05) is 18.5 Å². The molecule has 3 rings (SSSR count). The molecule has 32 heavy (non-hydrogen) atoms. The summed E-state index contributed by atoms with van der Waals surface area (Å²) in [6.07, 6.45) is 1.58. The van der Waals surface area contributed by atoms with Gasteiger partial charge in [0.2, 0.25) is 5.91 Å². The molecule has 1 heterocycles. The Balaban J connectivity index is 1.73. The van der Waals surface area contributed by atoms with E-state index in [1.54, 1.807) is 48.5 Å². The highest BCUT2D eigenvalue weighted by atomic mass is 35.5. The molecule has 2 aromatic rings. The molecule has 1 saturated heterocycles. The molecule has 0 saturated carbocycles. The van der Waals surface area contributed by atoms with Crippen molar-refractivity contribution < 1.29 is 23.9 Å². The van der Waals surface area contributed by atoms with Crippen molar-refractivity contribution in [3.8, 4) is 11.5 Å². The smallest absolute Gasteiger partial charge is 0.294 e. The third-order valence-corrected chi connectivity index (χ3v) is 5.35. The number of benzene rings is 2. The Morgan fingerprint density at radius 3 is 2.66 bits per heavy atom. The average molecular weight is 475 g/mol. The van der Waals surface area contributed by atoms with Crippen molar-refractivity contribution in [3.05, 3.63) is 58.0 Å². The van der Waals surface area contributed by atoms with E-state index in [1.807, 2.05) is 20.8 Å². The summed E-state index contributed by atoms with van der Waals surface area (Å²) in [6.45, 7) is 5.77. The third-order valence-electron chi connectivity index (χ3n) is 4.21. The van der Waals surface area contributed by atoms with Gasteiger partial charge >= 0.3 is 0 Å². The largest absolute Gasteiger partial charge is 0.490 e. The topological polar surface area (TPSA) is 84.9 Å². The van der Waals surface area contributed by atoms with Gasteiger partial charge in [0.15, 0.2) is 11.5 Å². The summed E-state index contributed by atoms with van der Waals surface area (Å²) in [5.74, 6) is 0.131. The van der Waals surface area contributed by atoms with Gasteiger partial charge in [-0.3, -0.25) is 19.3 Å². The fourth-order valence-electron chi connectivity index (χ4n) is 2.93. The number of carbonyl (C=O) groups excluding carboxylic acids is 3. The zero-order chi connectivity index (χ0) is 23.3. The molecule has 1 N–H and O–H groups in total. The van der Waals surface area contributed by atoms with Crippen LogP contribution in [0, 0.1) is 0 Å². The molecule has 0 aliphatic carbocycles. The molecule has 0 atom stereocenters. The van der Waals surface area contributed by atoms with E-state index in [2.05, 4.69) is 5.32 Å². The number of hydrogen-bond acceptors (Lipinski definition) is 6. The Morgan fingerprint density at radius 2 is 1.97 bits per heavy atom. The number of carbonyl (C=O) groups is 3. The van der Waals surface area contributed by atoms with Gasteiger partial charge in [-0.1, -0.05) is 23.7 Å². The van der Waals surface area contributed by atoms with Gasteiger partial charge in [-0.15, -0.1) is 0 Å². The molecule has 1 aliphatic heterocycles. The van der Waals surface area contributed by atoms with E-state index in [-0.39, 0.29) is 17.6 Å². The number of hydrogen-bond donors (Lipinski definition) is 1. The van der Waals surface area contributed by atoms with Gasteiger partial charge in [-0.05, 0) is 74.5 Å². The van der Waals surface area contributed by atoms with Crippen LogP contribution in [0.2, 0.25) is 5.02 Å². The van der Waals surface area contributed by atoms with Crippen molar-refractivity contribution in [2.45, 2.75) is 26.9 Å².